The van der Waals surface area contributed by atoms with Gasteiger partial charge in [0.05, 0.1) is 19.4 Å². The first-order chi connectivity index (χ1) is 35.7. The average molecular weight is 1100 g/mol. The van der Waals surface area contributed by atoms with Gasteiger partial charge in [0.2, 0.25) is 0 Å². The topological polar surface area (TPSA) is 28.2 Å². The first-order valence-corrected chi connectivity index (χ1v) is 29.7. The monoisotopic (exact) mass is 1100 g/mol. The van der Waals surface area contributed by atoms with E-state index in [9.17, 15) is 0 Å². The van der Waals surface area contributed by atoms with Gasteiger partial charge in [0, 0.05) is 64.9 Å². The molecule has 9 rings (SSSR count). The standard InChI is InChI=1S/C24H25N.C16H31N4P.C14H15N.C10H10.ClH.Rh/c1-21(17-18-22-11-5-2-6-12-22)25(19-23-13-7-3-8-14-23)20-24-15-9-4-10-16-24;1-13(2)21(14(3)4)20-11-10-19-9-8-18-7-6-17(5)15(18)12-16(19)20;1-3-7-13(8-4-1)11-15-12-14-9-5-2-6-10-14;1-2-3-7-10-8-5-4-6-9-10;;/h2-18,21H,19-20H2,1H3;12-16H,5-11H2,1-4H3;1-10,15H,11-12H2;2-9H,1H2;1H;/q;-2;;;;+3/b18-17+;;;7-3+;;. The Bertz CT molecular complexity index is 2310. The van der Waals surface area contributed by atoms with Crippen LogP contribution in [-0.4, -0.2) is 93.2 Å². The Hall–Kier alpha value is -4.36. The molecule has 3 unspecified atom stereocenters. The summed E-state index contributed by atoms with van der Waals surface area (Å²) in [5.74, 6) is 0. The third-order valence-corrected chi connectivity index (χ3v) is 16.8. The molecule has 9 heteroatoms. The average Bonchev–Trinajstić information content (AvgIpc) is 3.93. The first kappa shape index (κ1) is 59.5. The van der Waals surface area contributed by atoms with Crippen LogP contribution in [0.1, 0.15) is 68.0 Å². The van der Waals surface area contributed by atoms with Gasteiger partial charge in [-0.1, -0.05) is 225 Å². The number of nitrogens with zero attached hydrogens (tertiary/aromatic N) is 5. The molecule has 0 aromatic heterocycles. The van der Waals surface area contributed by atoms with Gasteiger partial charge in [0.15, 0.2) is 0 Å². The Morgan fingerprint density at radius 2 is 0.959 bits per heavy atom. The van der Waals surface area contributed by atoms with Crippen LogP contribution in [0.5, 0.6) is 0 Å². The van der Waals surface area contributed by atoms with E-state index in [4.69, 9.17) is 0 Å². The number of halogens is 1. The molecule has 6 aromatic rings. The van der Waals surface area contributed by atoms with Crippen molar-refractivity contribution in [2.75, 3.05) is 39.3 Å². The summed E-state index contributed by atoms with van der Waals surface area (Å²) in [5, 5.41) is 3.42. The third kappa shape index (κ3) is 21.1. The fourth-order valence-corrected chi connectivity index (χ4v) is 13.2. The molecule has 3 atom stereocenters. The van der Waals surface area contributed by atoms with Crippen LogP contribution >= 0.6 is 17.8 Å². The van der Waals surface area contributed by atoms with Crippen molar-refractivity contribution in [3.8, 4) is 0 Å². The minimum Gasteiger partial charge on any atom is -0.309 e. The van der Waals surface area contributed by atoms with Gasteiger partial charge in [-0.05, 0) is 80.7 Å². The van der Waals surface area contributed by atoms with Crippen molar-refractivity contribution in [2.45, 2.75) is 90.5 Å². The van der Waals surface area contributed by atoms with Crippen molar-refractivity contribution in [1.29, 1.82) is 0 Å². The SMILES string of the molecule is C=C/C=C/c1ccccc1.CC(/C=C/c1ccccc1)N(Cc1ccccc1)Cc1ccccc1.[CH2-]N1CCN2CCN3CCN([PH+](C(C)C)C(C)C)C3[CH-]C12.[Cl][Rh+2].c1ccc(CNCc2ccccc2)cc1. The minimum atomic E-state index is -0.483. The second kappa shape index (κ2) is 34.3. The molecule has 6 aromatic carbocycles. The van der Waals surface area contributed by atoms with E-state index in [1.165, 1.54) is 66.1 Å². The van der Waals surface area contributed by atoms with Gasteiger partial charge in [-0.15, -0.1) is 0 Å². The molecular weight excluding hydrogens is 1020 g/mol. The molecule has 0 saturated carbocycles. The molecule has 388 valence electrons. The van der Waals surface area contributed by atoms with E-state index in [0.29, 0.717) is 18.4 Å². The molecule has 3 saturated heterocycles. The summed E-state index contributed by atoms with van der Waals surface area (Å²) >= 11 is 2.02. The Labute approximate surface area is 457 Å². The number of rotatable bonds is 16. The second-order valence-electron chi connectivity index (χ2n) is 19.3. The second-order valence-corrected chi connectivity index (χ2v) is 23.0. The van der Waals surface area contributed by atoms with Crippen molar-refractivity contribution in [3.05, 3.63) is 254 Å². The van der Waals surface area contributed by atoms with E-state index in [1.54, 1.807) is 6.08 Å². The molecule has 73 heavy (non-hydrogen) atoms. The quantitative estimate of drug-likeness (QED) is 0.0449. The van der Waals surface area contributed by atoms with Gasteiger partial charge in [0.25, 0.3) is 0 Å². The smallest absolute Gasteiger partial charge is 0.0208 e. The summed E-state index contributed by atoms with van der Waals surface area (Å²) in [6.07, 6.45) is 13.8. The van der Waals surface area contributed by atoms with Crippen LogP contribution in [0.3, 0.4) is 0 Å². The van der Waals surface area contributed by atoms with E-state index < -0.39 is 8.07 Å². The molecule has 0 aliphatic carbocycles. The van der Waals surface area contributed by atoms with Crippen LogP contribution < -0.4 is 5.32 Å². The van der Waals surface area contributed by atoms with Gasteiger partial charge in [-0.25, -0.2) is 0 Å². The first-order valence-electron chi connectivity index (χ1n) is 26.0. The molecule has 3 heterocycles. The summed E-state index contributed by atoms with van der Waals surface area (Å²) in [6.45, 7) is 26.5. The molecular formula is C64H82ClN6PRh+. The molecule has 0 radical (unpaired) electrons. The number of benzene rings is 6. The molecule has 3 aliphatic rings. The Morgan fingerprint density at radius 1 is 0.575 bits per heavy atom. The Balaban J connectivity index is 0.000000187. The van der Waals surface area contributed by atoms with Gasteiger partial charge < -0.3 is 20.0 Å². The predicted octanol–water partition coefficient (Wildman–Crippen LogP) is 14.2. The van der Waals surface area contributed by atoms with Gasteiger partial charge in [-0.3, -0.25) is 18.4 Å². The Morgan fingerprint density at radius 3 is 1.40 bits per heavy atom. The van der Waals surface area contributed by atoms with Gasteiger partial charge in [-0.2, -0.15) is 4.67 Å². The third-order valence-electron chi connectivity index (χ3n) is 13.2. The van der Waals surface area contributed by atoms with Crippen LogP contribution in [0.25, 0.3) is 12.2 Å². The largest absolute Gasteiger partial charge is 0.309 e. The van der Waals surface area contributed by atoms with E-state index in [0.717, 1.165) is 44.0 Å². The number of allylic oxidation sites excluding steroid dienone is 2. The molecule has 1 N–H and O–H groups in total. The van der Waals surface area contributed by atoms with E-state index >= 15 is 0 Å². The summed E-state index contributed by atoms with van der Waals surface area (Å²) in [7, 11) is 8.29. The van der Waals surface area contributed by atoms with Crippen LogP contribution in [0.4, 0.5) is 0 Å². The number of nitrogens with one attached hydrogen (secondary N) is 1. The van der Waals surface area contributed by atoms with E-state index in [-0.39, 0.29) is 0 Å². The number of fused-ring (bicyclic) bond motifs is 2. The van der Waals surface area contributed by atoms with Gasteiger partial charge >= 0.3 is 27.0 Å². The predicted molar refractivity (Wildman–Crippen MR) is 314 cm³/mol. The maximum atomic E-state index is 4.53. The maximum Gasteiger partial charge on any atom is 0.0208 e. The van der Waals surface area contributed by atoms with Crippen molar-refractivity contribution in [2.24, 2.45) is 0 Å². The molecule has 0 amide bonds. The number of hydrogen-bond donors (Lipinski definition) is 1. The van der Waals surface area contributed by atoms with Crippen LogP contribution in [0.15, 0.2) is 207 Å². The van der Waals surface area contributed by atoms with Gasteiger partial charge in [0.1, 0.15) is 0 Å². The molecule has 6 nitrogen and oxygen atoms in total. The molecule has 3 aliphatic heterocycles. The zero-order valence-corrected chi connectivity index (χ0v) is 47.5. The summed E-state index contributed by atoms with van der Waals surface area (Å²) in [6, 6.07) is 63.3. The number of hydrogen-bond acceptors (Lipinski definition) is 6. The van der Waals surface area contributed by atoms with Crippen molar-refractivity contribution in [3.63, 3.8) is 0 Å². The van der Waals surface area contributed by atoms with Crippen LogP contribution in [0.2, 0.25) is 0 Å². The zero-order valence-electron chi connectivity index (χ0n) is 44.1. The molecule has 3 fully saturated rings. The summed E-state index contributed by atoms with van der Waals surface area (Å²) < 4.78 is 2.86. The fourth-order valence-electron chi connectivity index (χ4n) is 9.63. The van der Waals surface area contributed by atoms with E-state index in [2.05, 4.69) is 258 Å². The fraction of sp³-hybridized carbons (Fsp3) is 0.312. The molecule has 0 bridgehead atoms. The minimum absolute atomic E-state index is 0.348. The zero-order chi connectivity index (χ0) is 52.0. The summed E-state index contributed by atoms with van der Waals surface area (Å²) in [4.78, 5) is 10.1. The normalized spacial score (nSPS) is 17.4. The van der Waals surface area contributed by atoms with Crippen molar-refractivity contribution in [1.82, 2.24) is 29.6 Å². The molecule has 0 spiro atoms. The van der Waals surface area contributed by atoms with Crippen LogP contribution in [-0.2, 0) is 43.5 Å². The summed E-state index contributed by atoms with van der Waals surface area (Å²) in [5.41, 5.74) is 9.42. The van der Waals surface area contributed by atoms with E-state index in [1.807, 2.05) is 59.8 Å². The van der Waals surface area contributed by atoms with Crippen molar-refractivity contribution < 1.29 is 17.3 Å². The van der Waals surface area contributed by atoms with Crippen molar-refractivity contribution >= 4 is 29.9 Å². The Kier molecular flexibility index (Phi) is 27.9. The van der Waals surface area contributed by atoms with Crippen LogP contribution in [0, 0.1) is 13.5 Å². The maximum absolute atomic E-state index is 4.53.